The number of esters is 2. The van der Waals surface area contributed by atoms with Gasteiger partial charge in [-0.3, -0.25) is 0 Å². The van der Waals surface area contributed by atoms with Crippen LogP contribution in [0.3, 0.4) is 0 Å². The lowest BCUT2D eigenvalue weighted by Gasteiger charge is -2.06. The molecule has 0 aromatic carbocycles. The zero-order valence-corrected chi connectivity index (χ0v) is 12.9. The predicted molar refractivity (Wildman–Crippen MR) is 78.8 cm³/mol. The van der Waals surface area contributed by atoms with Crippen LogP contribution in [0.2, 0.25) is 0 Å². The Bertz CT molecular complexity index is 480. The fourth-order valence-corrected chi connectivity index (χ4v) is 2.31. The lowest BCUT2D eigenvalue weighted by molar-refractivity contribution is -0.146. The maximum atomic E-state index is 11.7. The van der Waals surface area contributed by atoms with Crippen LogP contribution in [-0.2, 0) is 19.1 Å². The number of rotatable bonds is 6. The third-order valence-electron chi connectivity index (χ3n) is 2.52. The van der Waals surface area contributed by atoms with Gasteiger partial charge in [0.05, 0.1) is 18.2 Å². The molecular weight excluding hydrogens is 278 g/mol. The topological polar surface area (TPSA) is 64.6 Å². The molecule has 0 radical (unpaired) electrons. The van der Waals surface area contributed by atoms with Crippen LogP contribution in [0, 0.1) is 13.8 Å². The lowest BCUT2D eigenvalue weighted by atomic mass is 10.3. The van der Waals surface area contributed by atoms with Crippen LogP contribution in [0.4, 0.5) is 5.00 Å². The number of carbonyl (C=O) groups excluding carboxylic acids is 2. The molecule has 0 atom stereocenters. The van der Waals surface area contributed by atoms with E-state index in [0.29, 0.717) is 0 Å². The normalized spacial score (nSPS) is 9.80. The van der Waals surface area contributed by atoms with Crippen LogP contribution in [0.25, 0.3) is 0 Å². The SMILES string of the molecule is CCOC(=O)C(=CNc1cc(C)c(C)s1)C(=O)OCC. The van der Waals surface area contributed by atoms with E-state index in [1.165, 1.54) is 11.1 Å². The molecule has 0 saturated carbocycles. The summed E-state index contributed by atoms with van der Waals surface area (Å²) in [5, 5.41) is 3.79. The standard InChI is InChI=1S/C14H19NO4S/c1-5-18-13(16)11(14(17)19-6-2)8-15-12-7-9(3)10(4)20-12/h7-8,15H,5-6H2,1-4H3. The number of aryl methyl sites for hydroxylation is 2. The van der Waals surface area contributed by atoms with Gasteiger partial charge in [0.2, 0.25) is 0 Å². The van der Waals surface area contributed by atoms with Gasteiger partial charge in [-0.05, 0) is 39.3 Å². The zero-order valence-electron chi connectivity index (χ0n) is 12.1. The molecule has 0 spiro atoms. The highest BCUT2D eigenvalue weighted by atomic mass is 32.1. The van der Waals surface area contributed by atoms with Crippen molar-refractivity contribution in [2.75, 3.05) is 18.5 Å². The summed E-state index contributed by atoms with van der Waals surface area (Å²) < 4.78 is 9.69. The Morgan fingerprint density at radius 2 is 1.75 bits per heavy atom. The van der Waals surface area contributed by atoms with Crippen LogP contribution in [0.15, 0.2) is 17.8 Å². The van der Waals surface area contributed by atoms with Crippen molar-refractivity contribution in [1.29, 1.82) is 0 Å². The highest BCUT2D eigenvalue weighted by Gasteiger charge is 2.21. The number of hydrogen-bond acceptors (Lipinski definition) is 6. The highest BCUT2D eigenvalue weighted by Crippen LogP contribution is 2.25. The smallest absolute Gasteiger partial charge is 0.347 e. The quantitative estimate of drug-likeness (QED) is 0.378. The summed E-state index contributed by atoms with van der Waals surface area (Å²) in [6.45, 7) is 7.77. The fourth-order valence-electron chi connectivity index (χ4n) is 1.41. The van der Waals surface area contributed by atoms with E-state index in [-0.39, 0.29) is 18.8 Å². The Morgan fingerprint density at radius 3 is 2.15 bits per heavy atom. The molecule has 1 heterocycles. The third kappa shape index (κ3) is 4.38. The first kappa shape index (κ1) is 16.2. The van der Waals surface area contributed by atoms with Gasteiger partial charge in [-0.1, -0.05) is 0 Å². The molecule has 0 unspecified atom stereocenters. The van der Waals surface area contributed by atoms with Gasteiger partial charge in [-0.25, -0.2) is 9.59 Å². The summed E-state index contributed by atoms with van der Waals surface area (Å²) in [4.78, 5) is 24.6. The molecule has 110 valence electrons. The zero-order chi connectivity index (χ0) is 15.1. The van der Waals surface area contributed by atoms with Crippen LogP contribution in [-0.4, -0.2) is 25.2 Å². The minimum absolute atomic E-state index is 0.141. The first-order chi connectivity index (χ1) is 9.49. The molecule has 0 aliphatic carbocycles. The molecule has 0 amide bonds. The van der Waals surface area contributed by atoms with Crippen molar-refractivity contribution in [2.45, 2.75) is 27.7 Å². The van der Waals surface area contributed by atoms with Crippen LogP contribution < -0.4 is 5.32 Å². The van der Waals surface area contributed by atoms with Crippen molar-refractivity contribution in [2.24, 2.45) is 0 Å². The van der Waals surface area contributed by atoms with Gasteiger partial charge in [-0.15, -0.1) is 11.3 Å². The van der Waals surface area contributed by atoms with Crippen molar-refractivity contribution < 1.29 is 19.1 Å². The molecule has 6 heteroatoms. The van der Waals surface area contributed by atoms with Crippen molar-refractivity contribution in [1.82, 2.24) is 0 Å². The molecule has 5 nitrogen and oxygen atoms in total. The monoisotopic (exact) mass is 297 g/mol. The van der Waals surface area contributed by atoms with E-state index in [2.05, 4.69) is 5.32 Å². The molecular formula is C14H19NO4S. The molecule has 20 heavy (non-hydrogen) atoms. The molecule has 0 fully saturated rings. The van der Waals surface area contributed by atoms with Crippen LogP contribution in [0.1, 0.15) is 24.3 Å². The second-order valence-corrected chi connectivity index (χ2v) is 5.25. The van der Waals surface area contributed by atoms with Gasteiger partial charge in [0.1, 0.15) is 0 Å². The van der Waals surface area contributed by atoms with E-state index in [4.69, 9.17) is 9.47 Å². The summed E-state index contributed by atoms with van der Waals surface area (Å²) in [7, 11) is 0. The van der Waals surface area contributed by atoms with E-state index < -0.39 is 11.9 Å². The fraction of sp³-hybridized carbons (Fsp3) is 0.429. The molecule has 1 rings (SSSR count). The number of anilines is 1. The van der Waals surface area contributed by atoms with Crippen LogP contribution in [0.5, 0.6) is 0 Å². The number of nitrogens with one attached hydrogen (secondary N) is 1. The minimum atomic E-state index is -0.691. The van der Waals surface area contributed by atoms with E-state index >= 15 is 0 Å². The summed E-state index contributed by atoms with van der Waals surface area (Å²) in [6.07, 6.45) is 1.33. The minimum Gasteiger partial charge on any atom is -0.462 e. The molecule has 0 aliphatic heterocycles. The Balaban J connectivity index is 2.88. The van der Waals surface area contributed by atoms with Gasteiger partial charge >= 0.3 is 11.9 Å². The van der Waals surface area contributed by atoms with Gasteiger partial charge in [-0.2, -0.15) is 0 Å². The molecule has 1 N–H and O–H groups in total. The van der Waals surface area contributed by atoms with Crippen molar-refractivity contribution >= 4 is 28.3 Å². The maximum absolute atomic E-state index is 11.7. The summed E-state index contributed by atoms with van der Waals surface area (Å²) in [6, 6.07) is 1.95. The third-order valence-corrected chi connectivity index (χ3v) is 3.60. The summed E-state index contributed by atoms with van der Waals surface area (Å²) in [5.41, 5.74) is 1.01. The number of ether oxygens (including phenoxy) is 2. The summed E-state index contributed by atoms with van der Waals surface area (Å²) in [5.74, 6) is -1.38. The molecule has 0 saturated heterocycles. The second kappa shape index (κ2) is 7.69. The largest absolute Gasteiger partial charge is 0.462 e. The average Bonchev–Trinajstić information content (AvgIpc) is 2.69. The Morgan fingerprint density at radius 1 is 1.20 bits per heavy atom. The average molecular weight is 297 g/mol. The lowest BCUT2D eigenvalue weighted by Crippen LogP contribution is -2.19. The van der Waals surface area contributed by atoms with E-state index in [9.17, 15) is 9.59 Å². The van der Waals surface area contributed by atoms with E-state index in [1.54, 1.807) is 25.2 Å². The number of hydrogen-bond donors (Lipinski definition) is 1. The van der Waals surface area contributed by atoms with Crippen molar-refractivity contribution in [3.05, 3.63) is 28.3 Å². The van der Waals surface area contributed by atoms with E-state index in [0.717, 1.165) is 10.6 Å². The molecule has 0 bridgehead atoms. The summed E-state index contributed by atoms with van der Waals surface area (Å²) >= 11 is 1.55. The Hall–Kier alpha value is -1.82. The number of thiophene rings is 1. The van der Waals surface area contributed by atoms with Crippen molar-refractivity contribution in [3.8, 4) is 0 Å². The number of carbonyl (C=O) groups is 2. The molecule has 1 aromatic heterocycles. The first-order valence-corrected chi connectivity index (χ1v) is 7.19. The van der Waals surface area contributed by atoms with Gasteiger partial charge in [0.25, 0.3) is 0 Å². The van der Waals surface area contributed by atoms with E-state index in [1.807, 2.05) is 19.9 Å². The van der Waals surface area contributed by atoms with Gasteiger partial charge in [0, 0.05) is 11.1 Å². The Kier molecular flexibility index (Phi) is 6.24. The van der Waals surface area contributed by atoms with Crippen molar-refractivity contribution in [3.63, 3.8) is 0 Å². The Labute approximate surface area is 122 Å². The molecule has 1 aromatic rings. The maximum Gasteiger partial charge on any atom is 0.347 e. The van der Waals surface area contributed by atoms with Crippen LogP contribution >= 0.6 is 11.3 Å². The van der Waals surface area contributed by atoms with Gasteiger partial charge < -0.3 is 14.8 Å². The predicted octanol–water partition coefficient (Wildman–Crippen LogP) is 2.79. The van der Waals surface area contributed by atoms with Gasteiger partial charge in [0.15, 0.2) is 5.57 Å². The second-order valence-electron chi connectivity index (χ2n) is 3.99. The highest BCUT2D eigenvalue weighted by molar-refractivity contribution is 7.16. The molecule has 0 aliphatic rings. The first-order valence-electron chi connectivity index (χ1n) is 6.37.